The van der Waals surface area contributed by atoms with Crippen LogP contribution in [0.4, 0.5) is 13.2 Å². The van der Waals surface area contributed by atoms with E-state index in [0.717, 1.165) is 0 Å². The Bertz CT molecular complexity index is 810. The van der Waals surface area contributed by atoms with Crippen LogP contribution in [0.5, 0.6) is 11.5 Å². The highest BCUT2D eigenvalue weighted by Gasteiger charge is 2.33. The minimum atomic E-state index is -4.41. The highest BCUT2D eigenvalue weighted by atomic mass is 19.4. The molecule has 0 unspecified atom stereocenters. The first-order chi connectivity index (χ1) is 11.6. The van der Waals surface area contributed by atoms with Crippen LogP contribution >= 0.6 is 0 Å². The number of benzene rings is 2. The molecular weight excluding hydrogens is 333 g/mol. The molecule has 0 bridgehead atoms. The molecule has 132 valence electrons. The van der Waals surface area contributed by atoms with Crippen molar-refractivity contribution in [2.24, 2.45) is 0 Å². The molecule has 0 saturated heterocycles. The summed E-state index contributed by atoms with van der Waals surface area (Å²) < 4.78 is 48.1. The van der Waals surface area contributed by atoms with Gasteiger partial charge in [0.1, 0.15) is 17.1 Å². The lowest BCUT2D eigenvalue weighted by molar-refractivity contribution is -0.153. The van der Waals surface area contributed by atoms with Crippen LogP contribution in [0.2, 0.25) is 0 Å². The van der Waals surface area contributed by atoms with Gasteiger partial charge in [-0.05, 0) is 37.6 Å². The SMILES string of the molecule is CC1(C)CC(=O)c2ccc(-c3ccccc3OCC(F)(F)F)cc2O1. The van der Waals surface area contributed by atoms with Crippen LogP contribution < -0.4 is 9.47 Å². The predicted octanol–water partition coefficient (Wildman–Crippen LogP) is 5.04. The van der Waals surface area contributed by atoms with Crippen molar-refractivity contribution < 1.29 is 27.4 Å². The zero-order valence-electron chi connectivity index (χ0n) is 13.8. The van der Waals surface area contributed by atoms with Gasteiger partial charge in [-0.3, -0.25) is 4.79 Å². The number of hydrogen-bond acceptors (Lipinski definition) is 3. The Morgan fingerprint density at radius 1 is 1.12 bits per heavy atom. The van der Waals surface area contributed by atoms with E-state index in [1.807, 2.05) is 13.8 Å². The Hall–Kier alpha value is -2.50. The van der Waals surface area contributed by atoms with Gasteiger partial charge in [0.25, 0.3) is 0 Å². The highest BCUT2D eigenvalue weighted by Crippen LogP contribution is 2.38. The molecule has 0 aliphatic carbocycles. The molecule has 6 heteroatoms. The third-order valence-corrected chi connectivity index (χ3v) is 3.84. The lowest BCUT2D eigenvalue weighted by Crippen LogP contribution is -2.35. The summed E-state index contributed by atoms with van der Waals surface area (Å²) in [5.74, 6) is 0.546. The molecule has 0 fully saturated rings. The molecule has 0 radical (unpaired) electrons. The van der Waals surface area contributed by atoms with Gasteiger partial charge >= 0.3 is 6.18 Å². The Morgan fingerprint density at radius 2 is 1.84 bits per heavy atom. The molecule has 3 nitrogen and oxygen atoms in total. The van der Waals surface area contributed by atoms with Crippen LogP contribution in [0.1, 0.15) is 30.6 Å². The van der Waals surface area contributed by atoms with Gasteiger partial charge in [0, 0.05) is 5.56 Å². The quantitative estimate of drug-likeness (QED) is 0.778. The van der Waals surface area contributed by atoms with E-state index in [1.54, 1.807) is 36.4 Å². The number of fused-ring (bicyclic) bond motifs is 1. The fourth-order valence-corrected chi connectivity index (χ4v) is 2.81. The second kappa shape index (κ2) is 6.10. The topological polar surface area (TPSA) is 35.5 Å². The van der Waals surface area contributed by atoms with E-state index >= 15 is 0 Å². The third-order valence-electron chi connectivity index (χ3n) is 3.84. The molecule has 1 aliphatic heterocycles. The third kappa shape index (κ3) is 3.95. The lowest BCUT2D eigenvalue weighted by atomic mass is 9.91. The zero-order chi connectivity index (χ0) is 18.2. The number of alkyl halides is 3. The second-order valence-electron chi connectivity index (χ2n) is 6.57. The molecule has 0 atom stereocenters. The van der Waals surface area contributed by atoms with Crippen LogP contribution in [0.15, 0.2) is 42.5 Å². The number of para-hydroxylation sites is 1. The smallest absolute Gasteiger partial charge is 0.422 e. The molecule has 0 aromatic heterocycles. The number of halogens is 3. The van der Waals surface area contributed by atoms with Crippen molar-refractivity contribution in [3.63, 3.8) is 0 Å². The van der Waals surface area contributed by atoms with Gasteiger partial charge in [0.2, 0.25) is 0 Å². The summed E-state index contributed by atoms with van der Waals surface area (Å²) in [6.45, 7) is 2.28. The maximum atomic E-state index is 12.4. The van der Waals surface area contributed by atoms with Crippen molar-refractivity contribution in [3.8, 4) is 22.6 Å². The van der Waals surface area contributed by atoms with E-state index in [4.69, 9.17) is 9.47 Å². The Morgan fingerprint density at radius 3 is 2.56 bits per heavy atom. The number of Topliss-reactive ketones (excluding diaryl/α,β-unsaturated/α-hetero) is 1. The summed E-state index contributed by atoms with van der Waals surface area (Å²) in [7, 11) is 0. The van der Waals surface area contributed by atoms with Crippen molar-refractivity contribution in [3.05, 3.63) is 48.0 Å². The molecule has 2 aromatic rings. The highest BCUT2D eigenvalue weighted by molar-refractivity contribution is 6.01. The monoisotopic (exact) mass is 350 g/mol. The first kappa shape index (κ1) is 17.3. The van der Waals surface area contributed by atoms with Gasteiger partial charge in [0.15, 0.2) is 12.4 Å². The lowest BCUT2D eigenvalue weighted by Gasteiger charge is -2.31. The fraction of sp³-hybridized carbons (Fsp3) is 0.316. The van der Waals surface area contributed by atoms with Gasteiger partial charge < -0.3 is 9.47 Å². The van der Waals surface area contributed by atoms with Crippen molar-refractivity contribution in [1.29, 1.82) is 0 Å². The second-order valence-corrected chi connectivity index (χ2v) is 6.57. The van der Waals surface area contributed by atoms with Crippen molar-refractivity contribution in [2.75, 3.05) is 6.61 Å². The largest absolute Gasteiger partial charge is 0.487 e. The van der Waals surface area contributed by atoms with Gasteiger partial charge in [-0.2, -0.15) is 13.2 Å². The van der Waals surface area contributed by atoms with E-state index in [1.165, 1.54) is 6.07 Å². The minimum absolute atomic E-state index is 0.0144. The summed E-state index contributed by atoms with van der Waals surface area (Å²) in [5.41, 5.74) is 1.00. The van der Waals surface area contributed by atoms with Crippen LogP contribution in [-0.2, 0) is 0 Å². The molecule has 0 saturated carbocycles. The number of ether oxygens (including phenoxy) is 2. The van der Waals surface area contributed by atoms with Crippen LogP contribution in [0.3, 0.4) is 0 Å². The molecular formula is C19H17F3O3. The summed E-state index contributed by atoms with van der Waals surface area (Å²) >= 11 is 0. The maximum absolute atomic E-state index is 12.4. The van der Waals surface area contributed by atoms with Gasteiger partial charge in [-0.15, -0.1) is 0 Å². The molecule has 3 rings (SSSR count). The molecule has 2 aromatic carbocycles. The molecule has 1 heterocycles. The summed E-state index contributed by atoms with van der Waals surface area (Å²) in [5, 5.41) is 0. The van der Waals surface area contributed by atoms with E-state index in [2.05, 4.69) is 0 Å². The number of carbonyl (C=O) groups is 1. The van der Waals surface area contributed by atoms with Crippen molar-refractivity contribution in [2.45, 2.75) is 32.0 Å². The van der Waals surface area contributed by atoms with Crippen LogP contribution in [-0.4, -0.2) is 24.2 Å². The maximum Gasteiger partial charge on any atom is 0.422 e. The van der Waals surface area contributed by atoms with Crippen molar-refractivity contribution in [1.82, 2.24) is 0 Å². The summed E-state index contributed by atoms with van der Waals surface area (Å²) in [4.78, 5) is 12.2. The molecule has 0 spiro atoms. The van der Waals surface area contributed by atoms with Crippen molar-refractivity contribution >= 4 is 5.78 Å². The molecule has 1 aliphatic rings. The van der Waals surface area contributed by atoms with Gasteiger partial charge in [-0.1, -0.05) is 24.3 Å². The Labute approximate surface area is 143 Å². The predicted molar refractivity (Wildman–Crippen MR) is 87.1 cm³/mol. The number of ketones is 1. The number of carbonyl (C=O) groups excluding carboxylic acids is 1. The van der Waals surface area contributed by atoms with Gasteiger partial charge in [0.05, 0.1) is 12.0 Å². The minimum Gasteiger partial charge on any atom is -0.487 e. The van der Waals surface area contributed by atoms with E-state index in [0.29, 0.717) is 22.4 Å². The van der Waals surface area contributed by atoms with E-state index in [9.17, 15) is 18.0 Å². The average Bonchev–Trinajstić information content (AvgIpc) is 2.51. The normalized spacial score (nSPS) is 16.1. The molecule has 25 heavy (non-hydrogen) atoms. The standard InChI is InChI=1S/C19H17F3O3/c1-18(2)10-15(23)14-8-7-12(9-17(14)25-18)13-5-3-4-6-16(13)24-11-19(20,21)22/h3-9H,10-11H2,1-2H3. The Kier molecular flexibility index (Phi) is 4.22. The first-order valence-electron chi connectivity index (χ1n) is 7.80. The van der Waals surface area contributed by atoms with Crippen LogP contribution in [0.25, 0.3) is 11.1 Å². The van der Waals surface area contributed by atoms with E-state index < -0.39 is 18.4 Å². The van der Waals surface area contributed by atoms with Gasteiger partial charge in [-0.25, -0.2) is 0 Å². The average molecular weight is 350 g/mol. The van der Waals surface area contributed by atoms with E-state index in [-0.39, 0.29) is 18.0 Å². The number of rotatable bonds is 3. The summed E-state index contributed by atoms with van der Waals surface area (Å²) in [6, 6.07) is 11.5. The molecule has 0 amide bonds. The summed E-state index contributed by atoms with van der Waals surface area (Å²) in [6.07, 6.45) is -4.13. The van der Waals surface area contributed by atoms with Crippen LogP contribution in [0, 0.1) is 0 Å². The number of hydrogen-bond donors (Lipinski definition) is 0. The zero-order valence-corrected chi connectivity index (χ0v) is 13.8. The fourth-order valence-electron chi connectivity index (χ4n) is 2.81. The molecule has 0 N–H and O–H groups in total. The first-order valence-corrected chi connectivity index (χ1v) is 7.80. The Balaban J connectivity index is 1.97.